The molecule has 7 aromatic carbocycles. The molecule has 0 aromatic heterocycles. The molecule has 1 atom stereocenters. The van der Waals surface area contributed by atoms with Gasteiger partial charge in [0.05, 0.1) is 11.5 Å². The molecule has 0 radical (unpaired) electrons. The summed E-state index contributed by atoms with van der Waals surface area (Å²) in [6, 6.07) is 67.9. The van der Waals surface area contributed by atoms with Crippen molar-refractivity contribution in [3.63, 3.8) is 0 Å². The first kappa shape index (κ1) is 33.4. The average Bonchev–Trinajstić information content (AvgIpc) is 3.49. The second kappa shape index (κ2) is 14.2. The third-order valence-corrected chi connectivity index (χ3v) is 11.5. The van der Waals surface area contributed by atoms with Crippen LogP contribution in [0.4, 0.5) is 22.7 Å². The fourth-order valence-corrected chi connectivity index (χ4v) is 9.13. The minimum absolute atomic E-state index is 0.0304. The number of fused-ring (bicyclic) bond motifs is 3. The fraction of sp³-hybridized carbons (Fsp3) is 0.0612. The second-order valence-corrected chi connectivity index (χ2v) is 15.4. The van der Waals surface area contributed by atoms with E-state index in [1.54, 1.807) is 0 Å². The molecule has 0 bridgehead atoms. The molecule has 256 valence electrons. The van der Waals surface area contributed by atoms with Gasteiger partial charge < -0.3 is 9.80 Å². The Labute approximate surface area is 328 Å². The van der Waals surface area contributed by atoms with Crippen molar-refractivity contribution in [3.8, 4) is 11.1 Å². The Morgan fingerprint density at radius 1 is 0.472 bits per heavy atom. The van der Waals surface area contributed by atoms with Crippen molar-refractivity contribution in [1.82, 2.24) is 0 Å². The van der Waals surface area contributed by atoms with Crippen LogP contribution in [0.25, 0.3) is 11.1 Å². The van der Waals surface area contributed by atoms with Crippen LogP contribution in [0.3, 0.4) is 0 Å². The summed E-state index contributed by atoms with van der Waals surface area (Å²) in [5.74, 6) is 0. The highest BCUT2D eigenvalue weighted by atomic mass is 79.9. The summed E-state index contributed by atoms with van der Waals surface area (Å²) in [6.45, 7) is 0. The molecule has 0 saturated heterocycles. The molecular weight excluding hydrogens is 776 g/mol. The lowest BCUT2D eigenvalue weighted by molar-refractivity contribution is 0.690. The minimum Gasteiger partial charge on any atom is -0.334 e. The predicted molar refractivity (Wildman–Crippen MR) is 228 cm³/mol. The molecule has 2 aliphatic carbocycles. The summed E-state index contributed by atoms with van der Waals surface area (Å²) in [4.78, 5) is 4.96. The van der Waals surface area contributed by atoms with Crippen molar-refractivity contribution in [3.05, 3.63) is 237 Å². The SMILES string of the molecule is Brc1ccc2c(c1)C(C1=CC(N(c3ccccc3)c3ccccc3)CC(N(c3ccccc3)c3ccccc3)=C1)(c1ccccc1)c1cc(Br)ccc1-2. The van der Waals surface area contributed by atoms with Crippen LogP contribution in [0.2, 0.25) is 0 Å². The molecule has 0 fully saturated rings. The van der Waals surface area contributed by atoms with E-state index in [0.29, 0.717) is 0 Å². The van der Waals surface area contributed by atoms with Gasteiger partial charge in [-0.1, -0.05) is 153 Å². The molecule has 4 heteroatoms. The first-order valence-corrected chi connectivity index (χ1v) is 19.6. The fourth-order valence-electron chi connectivity index (χ4n) is 8.41. The third kappa shape index (κ3) is 5.96. The van der Waals surface area contributed by atoms with Crippen molar-refractivity contribution in [2.45, 2.75) is 17.9 Å². The molecule has 0 amide bonds. The van der Waals surface area contributed by atoms with E-state index in [-0.39, 0.29) is 6.04 Å². The number of anilines is 4. The van der Waals surface area contributed by atoms with Crippen LogP contribution in [0, 0.1) is 0 Å². The van der Waals surface area contributed by atoms with Crippen LogP contribution in [-0.4, -0.2) is 6.04 Å². The smallest absolute Gasteiger partial charge is 0.0712 e. The van der Waals surface area contributed by atoms with Crippen molar-refractivity contribution in [1.29, 1.82) is 0 Å². The van der Waals surface area contributed by atoms with E-state index in [1.165, 1.54) is 39.1 Å². The number of halogens is 2. The normalized spacial score (nSPS) is 15.5. The quantitative estimate of drug-likeness (QED) is 0.151. The highest BCUT2D eigenvalue weighted by Crippen LogP contribution is 2.59. The molecule has 0 spiro atoms. The van der Waals surface area contributed by atoms with E-state index < -0.39 is 5.41 Å². The Hall–Kier alpha value is -5.42. The Bertz CT molecular complexity index is 2310. The zero-order valence-electron chi connectivity index (χ0n) is 29.0. The minimum atomic E-state index is -0.610. The predicted octanol–water partition coefficient (Wildman–Crippen LogP) is 13.8. The molecule has 7 aromatic rings. The van der Waals surface area contributed by atoms with Gasteiger partial charge >= 0.3 is 0 Å². The number of rotatable bonds is 8. The first-order chi connectivity index (χ1) is 26.1. The van der Waals surface area contributed by atoms with Gasteiger partial charge in [0.15, 0.2) is 0 Å². The molecule has 0 saturated carbocycles. The van der Waals surface area contributed by atoms with Crippen molar-refractivity contribution < 1.29 is 0 Å². The van der Waals surface area contributed by atoms with Gasteiger partial charge in [-0.15, -0.1) is 0 Å². The van der Waals surface area contributed by atoms with Gasteiger partial charge in [0.25, 0.3) is 0 Å². The molecule has 53 heavy (non-hydrogen) atoms. The number of para-hydroxylation sites is 4. The first-order valence-electron chi connectivity index (χ1n) is 18.0. The summed E-state index contributed by atoms with van der Waals surface area (Å²) in [6.07, 6.45) is 5.81. The lowest BCUT2D eigenvalue weighted by Gasteiger charge is -2.42. The number of benzene rings is 7. The van der Waals surface area contributed by atoms with E-state index >= 15 is 0 Å². The zero-order chi connectivity index (χ0) is 35.8. The Balaban J connectivity index is 1.38. The third-order valence-electron chi connectivity index (χ3n) is 10.5. The zero-order valence-corrected chi connectivity index (χ0v) is 32.2. The lowest BCUT2D eigenvalue weighted by atomic mass is 9.65. The summed E-state index contributed by atoms with van der Waals surface area (Å²) < 4.78 is 2.12. The molecule has 0 N–H and O–H groups in total. The van der Waals surface area contributed by atoms with Crippen molar-refractivity contribution in [2.24, 2.45) is 0 Å². The maximum Gasteiger partial charge on any atom is 0.0712 e. The monoisotopic (exact) mass is 810 g/mol. The van der Waals surface area contributed by atoms with Gasteiger partial charge in [-0.3, -0.25) is 0 Å². The van der Waals surface area contributed by atoms with Crippen LogP contribution in [0.5, 0.6) is 0 Å². The van der Waals surface area contributed by atoms with Crippen LogP contribution in [0.15, 0.2) is 220 Å². The highest BCUT2D eigenvalue weighted by molar-refractivity contribution is 9.10. The molecule has 2 nitrogen and oxygen atoms in total. The molecule has 0 aliphatic heterocycles. The Morgan fingerprint density at radius 2 is 0.887 bits per heavy atom. The van der Waals surface area contributed by atoms with Gasteiger partial charge in [0, 0.05) is 43.8 Å². The largest absolute Gasteiger partial charge is 0.334 e. The van der Waals surface area contributed by atoms with Crippen LogP contribution in [0.1, 0.15) is 23.1 Å². The van der Waals surface area contributed by atoms with E-state index in [1.807, 2.05) is 0 Å². The van der Waals surface area contributed by atoms with Gasteiger partial charge in [-0.2, -0.15) is 0 Å². The summed E-state index contributed by atoms with van der Waals surface area (Å²) in [5.41, 5.74) is 12.7. The van der Waals surface area contributed by atoms with E-state index in [2.05, 4.69) is 242 Å². The topological polar surface area (TPSA) is 6.48 Å². The van der Waals surface area contributed by atoms with Crippen LogP contribution >= 0.6 is 31.9 Å². The molecule has 2 aliphatic rings. The summed E-state index contributed by atoms with van der Waals surface area (Å²) in [7, 11) is 0. The van der Waals surface area contributed by atoms with E-state index in [9.17, 15) is 0 Å². The maximum absolute atomic E-state index is 3.90. The lowest BCUT2D eigenvalue weighted by Crippen LogP contribution is -2.38. The van der Waals surface area contributed by atoms with Crippen LogP contribution in [-0.2, 0) is 5.41 Å². The van der Waals surface area contributed by atoms with E-state index in [0.717, 1.165) is 38.1 Å². The highest BCUT2D eigenvalue weighted by Gasteiger charge is 2.48. The Morgan fingerprint density at radius 3 is 1.34 bits per heavy atom. The molecule has 0 heterocycles. The van der Waals surface area contributed by atoms with Crippen LogP contribution < -0.4 is 9.80 Å². The van der Waals surface area contributed by atoms with Gasteiger partial charge in [-0.25, -0.2) is 0 Å². The number of hydrogen-bond donors (Lipinski definition) is 0. The van der Waals surface area contributed by atoms with E-state index in [4.69, 9.17) is 0 Å². The molecule has 1 unspecified atom stereocenters. The van der Waals surface area contributed by atoms with Gasteiger partial charge in [-0.05, 0) is 112 Å². The van der Waals surface area contributed by atoms with Crippen molar-refractivity contribution in [2.75, 3.05) is 9.80 Å². The standard InChI is InChI=1S/C49H36Br2N2/c50-37-26-28-45-46-29-27-38(51)33-48(46)49(47(45)32-37,35-16-6-1-7-17-35)36-30-43(52(39-18-8-2-9-19-39)40-20-10-3-11-21-40)34-44(31-36)53(41-22-12-4-13-23-41)42-24-14-5-15-25-42/h1-33,43H,34H2. The van der Waals surface area contributed by atoms with Gasteiger partial charge in [0.1, 0.15) is 0 Å². The Kier molecular flexibility index (Phi) is 8.95. The summed E-state index contributed by atoms with van der Waals surface area (Å²) in [5, 5.41) is 0. The average molecular weight is 813 g/mol. The van der Waals surface area contributed by atoms with Gasteiger partial charge in [0.2, 0.25) is 0 Å². The number of allylic oxidation sites excluding steroid dienone is 2. The second-order valence-electron chi connectivity index (χ2n) is 13.6. The number of nitrogens with zero attached hydrogens (tertiary/aromatic N) is 2. The van der Waals surface area contributed by atoms with Crippen molar-refractivity contribution >= 4 is 54.6 Å². The summed E-state index contributed by atoms with van der Waals surface area (Å²) >= 11 is 7.81. The molecule has 9 rings (SSSR count). The maximum atomic E-state index is 3.90. The number of hydrogen-bond acceptors (Lipinski definition) is 2. The molecular formula is C49H36Br2N2.